The molecule has 1 unspecified atom stereocenters. The van der Waals surface area contributed by atoms with Crippen LogP contribution in [0.5, 0.6) is 0 Å². The lowest BCUT2D eigenvalue weighted by Gasteiger charge is -2.34. The third kappa shape index (κ3) is 4.71. The van der Waals surface area contributed by atoms with Crippen molar-refractivity contribution in [1.82, 2.24) is 24.8 Å². The van der Waals surface area contributed by atoms with Gasteiger partial charge < -0.3 is 20.0 Å². The second kappa shape index (κ2) is 10.00. The van der Waals surface area contributed by atoms with Crippen LogP contribution in [0.3, 0.4) is 0 Å². The van der Waals surface area contributed by atoms with Crippen LogP contribution in [-0.4, -0.2) is 69.4 Å². The van der Waals surface area contributed by atoms with Gasteiger partial charge in [-0.05, 0) is 38.1 Å². The summed E-state index contributed by atoms with van der Waals surface area (Å²) in [5, 5.41) is 3.66. The van der Waals surface area contributed by atoms with Crippen LogP contribution in [0.25, 0.3) is 0 Å². The lowest BCUT2D eigenvalue weighted by Crippen LogP contribution is -2.47. The molecular formula is C27H33N7O. The van der Waals surface area contributed by atoms with Crippen molar-refractivity contribution in [3.63, 3.8) is 0 Å². The maximum atomic E-state index is 13.3. The quantitative estimate of drug-likeness (QED) is 0.564. The molecule has 8 nitrogen and oxygen atoms in total. The van der Waals surface area contributed by atoms with Crippen molar-refractivity contribution in [1.29, 1.82) is 0 Å². The number of rotatable bonds is 7. The van der Waals surface area contributed by atoms with E-state index in [1.54, 1.807) is 6.20 Å². The number of piperazine rings is 1. The molecule has 0 bridgehead atoms. The number of pyridine rings is 1. The van der Waals surface area contributed by atoms with Gasteiger partial charge in [-0.2, -0.15) is 4.98 Å². The minimum absolute atomic E-state index is 0.0250. The van der Waals surface area contributed by atoms with Gasteiger partial charge in [-0.1, -0.05) is 43.3 Å². The van der Waals surface area contributed by atoms with E-state index < -0.39 is 0 Å². The Kier molecular flexibility index (Phi) is 6.63. The molecule has 5 rings (SSSR count). The lowest BCUT2D eigenvalue weighted by molar-refractivity contribution is 0.0726. The average Bonchev–Trinajstić information content (AvgIpc) is 3.25. The fraction of sp³-hybridized carbons (Fsp3) is 0.407. The number of nitrogens with zero attached hydrogens (tertiary/aromatic N) is 6. The van der Waals surface area contributed by atoms with Crippen LogP contribution in [0.15, 0.2) is 54.7 Å². The van der Waals surface area contributed by atoms with Crippen LogP contribution in [-0.2, 0) is 6.54 Å². The summed E-state index contributed by atoms with van der Waals surface area (Å²) in [7, 11) is 0. The van der Waals surface area contributed by atoms with E-state index in [1.807, 2.05) is 55.1 Å². The zero-order valence-electron chi connectivity index (χ0n) is 20.7. The molecule has 2 aromatic heterocycles. The van der Waals surface area contributed by atoms with Gasteiger partial charge in [0, 0.05) is 44.0 Å². The minimum atomic E-state index is -0.204. The number of anilines is 2. The molecule has 0 aliphatic carbocycles. The number of hydrogen-bond donors (Lipinski definition) is 1. The van der Waals surface area contributed by atoms with Crippen molar-refractivity contribution in [3.8, 4) is 0 Å². The molecule has 2 aliphatic heterocycles. The Bertz CT molecular complexity index is 1120. The molecule has 8 heteroatoms. The van der Waals surface area contributed by atoms with Gasteiger partial charge in [-0.3, -0.25) is 9.78 Å². The van der Waals surface area contributed by atoms with E-state index in [1.165, 1.54) is 0 Å². The zero-order valence-corrected chi connectivity index (χ0v) is 20.7. The number of nitrogens with one attached hydrogen (secondary N) is 1. The Morgan fingerprint density at radius 2 is 1.71 bits per heavy atom. The second-order valence-electron chi connectivity index (χ2n) is 9.39. The highest BCUT2D eigenvalue weighted by atomic mass is 16.2. The smallest absolute Gasteiger partial charge is 0.273 e. The summed E-state index contributed by atoms with van der Waals surface area (Å²) in [4.78, 5) is 34.2. The predicted octanol–water partition coefficient (Wildman–Crippen LogP) is 3.58. The first kappa shape index (κ1) is 23.2. The van der Waals surface area contributed by atoms with Gasteiger partial charge in [0.1, 0.15) is 11.5 Å². The number of carbonyl (C=O) groups is 1. The molecule has 1 atom stereocenters. The fourth-order valence-electron chi connectivity index (χ4n) is 4.78. The van der Waals surface area contributed by atoms with E-state index in [-0.39, 0.29) is 18.0 Å². The Morgan fingerprint density at radius 1 is 0.971 bits per heavy atom. The van der Waals surface area contributed by atoms with Crippen molar-refractivity contribution in [2.45, 2.75) is 39.4 Å². The van der Waals surface area contributed by atoms with Crippen LogP contribution in [0.2, 0.25) is 0 Å². The second-order valence-corrected chi connectivity index (χ2v) is 9.39. The Morgan fingerprint density at radius 3 is 2.37 bits per heavy atom. The molecule has 35 heavy (non-hydrogen) atoms. The van der Waals surface area contributed by atoms with Gasteiger partial charge in [0.25, 0.3) is 5.91 Å². The molecule has 1 aromatic carbocycles. The largest absolute Gasteiger partial charge is 0.357 e. The summed E-state index contributed by atoms with van der Waals surface area (Å²) >= 11 is 0. The van der Waals surface area contributed by atoms with Crippen LogP contribution in [0, 0.1) is 0 Å². The van der Waals surface area contributed by atoms with E-state index in [2.05, 4.69) is 39.2 Å². The van der Waals surface area contributed by atoms with Gasteiger partial charge in [-0.25, -0.2) is 4.98 Å². The Labute approximate surface area is 207 Å². The number of fused-ring (bicyclic) bond motifs is 1. The van der Waals surface area contributed by atoms with Gasteiger partial charge in [-0.15, -0.1) is 0 Å². The highest BCUT2D eigenvalue weighted by molar-refractivity contribution is 5.98. The van der Waals surface area contributed by atoms with Crippen molar-refractivity contribution in [2.24, 2.45) is 0 Å². The van der Waals surface area contributed by atoms with E-state index in [9.17, 15) is 4.79 Å². The highest BCUT2D eigenvalue weighted by Gasteiger charge is 2.36. The van der Waals surface area contributed by atoms with Crippen LogP contribution in [0.4, 0.5) is 11.8 Å². The summed E-state index contributed by atoms with van der Waals surface area (Å²) in [5.41, 5.74) is 3.35. The molecule has 2 aliphatic rings. The molecule has 0 saturated carbocycles. The molecule has 4 heterocycles. The number of benzene rings is 1. The first-order chi connectivity index (χ1) is 17.0. The van der Waals surface area contributed by atoms with Gasteiger partial charge >= 0.3 is 0 Å². The topological polar surface area (TPSA) is 77.5 Å². The number of amides is 1. The average molecular weight is 472 g/mol. The lowest BCUT2D eigenvalue weighted by atomic mass is 10.0. The summed E-state index contributed by atoms with van der Waals surface area (Å²) in [6.45, 7) is 11.4. The first-order valence-corrected chi connectivity index (χ1v) is 12.5. The van der Waals surface area contributed by atoms with E-state index in [0.29, 0.717) is 24.0 Å². The standard InChI is InChI=1S/C27H33N7O/c1-4-32-14-16-33(17-15-32)27-30-24-21(18-34(19(2)3)26(24)35)25(31-27)29-23(20-10-6-5-7-11-20)22-12-8-9-13-28-22/h5-13,19,23H,4,14-18H2,1-3H3,(H,29,30,31). The fourth-order valence-corrected chi connectivity index (χ4v) is 4.78. The molecule has 0 spiro atoms. The number of aromatic nitrogens is 3. The first-order valence-electron chi connectivity index (χ1n) is 12.5. The molecule has 1 amide bonds. The monoisotopic (exact) mass is 471 g/mol. The van der Waals surface area contributed by atoms with Crippen LogP contribution in [0.1, 0.15) is 54.1 Å². The van der Waals surface area contributed by atoms with Gasteiger partial charge in [0.15, 0.2) is 0 Å². The van der Waals surface area contributed by atoms with Crippen molar-refractivity contribution in [3.05, 3.63) is 77.2 Å². The maximum absolute atomic E-state index is 13.3. The molecule has 182 valence electrons. The van der Waals surface area contributed by atoms with Gasteiger partial charge in [0.2, 0.25) is 5.95 Å². The van der Waals surface area contributed by atoms with Crippen LogP contribution < -0.4 is 10.2 Å². The number of hydrogen-bond acceptors (Lipinski definition) is 7. The van der Waals surface area contributed by atoms with E-state index >= 15 is 0 Å². The normalized spacial score (nSPS) is 17.1. The maximum Gasteiger partial charge on any atom is 0.273 e. The summed E-state index contributed by atoms with van der Waals surface area (Å²) in [5.74, 6) is 1.30. The predicted molar refractivity (Wildman–Crippen MR) is 138 cm³/mol. The van der Waals surface area contributed by atoms with Crippen LogP contribution >= 0.6 is 0 Å². The Balaban J connectivity index is 1.56. The summed E-state index contributed by atoms with van der Waals surface area (Å²) in [6.07, 6.45) is 1.81. The Hall–Kier alpha value is -3.52. The molecule has 1 saturated heterocycles. The van der Waals surface area contributed by atoms with Crippen molar-refractivity contribution < 1.29 is 4.79 Å². The van der Waals surface area contributed by atoms with Gasteiger partial charge in [0.05, 0.1) is 18.3 Å². The zero-order chi connectivity index (χ0) is 24.4. The minimum Gasteiger partial charge on any atom is -0.357 e. The number of likely N-dealkylation sites (N-methyl/N-ethyl adjacent to an activating group) is 1. The third-order valence-corrected chi connectivity index (χ3v) is 6.91. The summed E-state index contributed by atoms with van der Waals surface area (Å²) < 4.78 is 0. The van der Waals surface area contributed by atoms with Crippen molar-refractivity contribution >= 4 is 17.7 Å². The van der Waals surface area contributed by atoms with E-state index in [4.69, 9.17) is 9.97 Å². The molecular weight excluding hydrogens is 438 g/mol. The van der Waals surface area contributed by atoms with E-state index in [0.717, 1.165) is 49.5 Å². The van der Waals surface area contributed by atoms with Crippen molar-refractivity contribution in [2.75, 3.05) is 42.9 Å². The number of carbonyl (C=O) groups excluding carboxylic acids is 1. The SMILES string of the molecule is CCN1CCN(c2nc(NC(c3ccccc3)c3ccccn3)c3c(n2)C(=O)N(C(C)C)C3)CC1. The molecule has 3 aromatic rings. The summed E-state index contributed by atoms with van der Waals surface area (Å²) in [6, 6.07) is 16.0. The molecule has 0 radical (unpaired) electrons. The third-order valence-electron chi connectivity index (χ3n) is 6.91. The molecule has 1 fully saturated rings. The highest BCUT2D eigenvalue weighted by Crippen LogP contribution is 2.34. The molecule has 1 N–H and O–H groups in total.